The van der Waals surface area contributed by atoms with Crippen LogP contribution in [0.3, 0.4) is 0 Å². The Bertz CT molecular complexity index is 2060. The molecular formula is C38H32F5N3O7. The van der Waals surface area contributed by atoms with Crippen molar-refractivity contribution in [3.8, 4) is 16.9 Å². The SMILES string of the molecule is COc1ccc(-c2cc(C(OC(=O)Nc3ccccc3)C(=O)O)ccc2F)cc1C(=O)N[C@H]1[C@@H]2CCC[C@@H]2[C@H]1C(=O)Nc1ccc(F)c(C(F)(F)F)c1. The first-order valence-electron chi connectivity index (χ1n) is 16.5. The number of aliphatic carboxylic acids is 1. The van der Waals surface area contributed by atoms with Crippen LogP contribution >= 0.6 is 0 Å². The van der Waals surface area contributed by atoms with Crippen LogP contribution in [0.25, 0.3) is 11.1 Å². The second-order valence-electron chi connectivity index (χ2n) is 12.7. The number of carbonyl (C=O) groups excluding carboxylic acids is 3. The maximum atomic E-state index is 15.3. The van der Waals surface area contributed by atoms with Crippen molar-refractivity contribution in [3.05, 3.63) is 113 Å². The monoisotopic (exact) mass is 737 g/mol. The Morgan fingerprint density at radius 1 is 0.830 bits per heavy atom. The Balaban J connectivity index is 1.23. The molecule has 4 aromatic carbocycles. The number of para-hydroxylation sites is 1. The summed E-state index contributed by atoms with van der Waals surface area (Å²) in [6.45, 7) is 0. The van der Waals surface area contributed by atoms with Gasteiger partial charge in [-0.1, -0.05) is 36.8 Å². The molecule has 10 nitrogen and oxygen atoms in total. The summed E-state index contributed by atoms with van der Waals surface area (Å²) < 4.78 is 79.6. The summed E-state index contributed by atoms with van der Waals surface area (Å²) in [5, 5.41) is 17.6. The van der Waals surface area contributed by atoms with E-state index in [1.807, 2.05) is 0 Å². The van der Waals surface area contributed by atoms with E-state index in [-0.39, 0.29) is 45.5 Å². The van der Waals surface area contributed by atoms with Gasteiger partial charge in [0.15, 0.2) is 0 Å². The lowest BCUT2D eigenvalue weighted by atomic mass is 9.61. The van der Waals surface area contributed by atoms with Crippen LogP contribution in [0.2, 0.25) is 0 Å². The van der Waals surface area contributed by atoms with Gasteiger partial charge in [0.1, 0.15) is 17.4 Å². The quantitative estimate of drug-likeness (QED) is 0.122. The highest BCUT2D eigenvalue weighted by Gasteiger charge is 2.56. The van der Waals surface area contributed by atoms with Crippen LogP contribution in [0.5, 0.6) is 5.75 Å². The summed E-state index contributed by atoms with van der Waals surface area (Å²) >= 11 is 0. The third-order valence-corrected chi connectivity index (χ3v) is 9.59. The molecule has 0 spiro atoms. The van der Waals surface area contributed by atoms with Crippen LogP contribution in [-0.2, 0) is 20.5 Å². The van der Waals surface area contributed by atoms with E-state index in [0.29, 0.717) is 30.7 Å². The average Bonchev–Trinajstić information content (AvgIpc) is 3.53. The van der Waals surface area contributed by atoms with Crippen LogP contribution in [0.1, 0.15) is 46.9 Å². The van der Waals surface area contributed by atoms with Gasteiger partial charge in [-0.05, 0) is 84.8 Å². The number of amides is 3. The number of halogens is 5. The minimum atomic E-state index is -4.98. The molecule has 6 rings (SSSR count). The van der Waals surface area contributed by atoms with Crippen LogP contribution in [0, 0.1) is 29.4 Å². The molecule has 1 unspecified atom stereocenters. The fraction of sp³-hybridized carbons (Fsp3) is 0.263. The zero-order valence-electron chi connectivity index (χ0n) is 27.9. The number of rotatable bonds is 10. The number of hydrogen-bond donors (Lipinski definition) is 4. The second kappa shape index (κ2) is 14.9. The Kier molecular flexibility index (Phi) is 10.4. The highest BCUT2D eigenvalue weighted by molar-refractivity contribution is 6.00. The zero-order chi connectivity index (χ0) is 38.0. The van der Waals surface area contributed by atoms with Gasteiger partial charge in [-0.3, -0.25) is 14.9 Å². The van der Waals surface area contributed by atoms with Crippen LogP contribution < -0.4 is 20.7 Å². The second-order valence-corrected chi connectivity index (χ2v) is 12.7. The maximum absolute atomic E-state index is 15.3. The van der Waals surface area contributed by atoms with Gasteiger partial charge in [0, 0.05) is 28.5 Å². The molecule has 2 aliphatic rings. The molecule has 0 saturated heterocycles. The molecule has 0 radical (unpaired) electrons. The van der Waals surface area contributed by atoms with E-state index in [2.05, 4.69) is 16.0 Å². The van der Waals surface area contributed by atoms with Crippen molar-refractivity contribution in [3.63, 3.8) is 0 Å². The number of fused-ring (bicyclic) bond motifs is 1. The summed E-state index contributed by atoms with van der Waals surface area (Å²) in [5.41, 5.74) is -1.51. The fourth-order valence-electron chi connectivity index (χ4n) is 7.14. The third-order valence-electron chi connectivity index (χ3n) is 9.59. The Hall–Kier alpha value is -5.99. The van der Waals surface area contributed by atoms with Crippen molar-refractivity contribution in [2.24, 2.45) is 17.8 Å². The minimum Gasteiger partial charge on any atom is -0.496 e. The number of anilines is 2. The number of methoxy groups -OCH3 is 1. The normalized spacial score (nSPS) is 19.6. The predicted octanol–water partition coefficient (Wildman–Crippen LogP) is 7.82. The van der Waals surface area contributed by atoms with Crippen molar-refractivity contribution >= 4 is 35.3 Å². The van der Waals surface area contributed by atoms with Crippen molar-refractivity contribution in [2.75, 3.05) is 17.7 Å². The van der Waals surface area contributed by atoms with Gasteiger partial charge in [-0.2, -0.15) is 13.2 Å². The summed E-state index contributed by atoms with van der Waals surface area (Å²) in [6.07, 6.45) is -5.74. The van der Waals surface area contributed by atoms with Crippen LogP contribution in [-0.4, -0.2) is 42.1 Å². The summed E-state index contributed by atoms with van der Waals surface area (Å²) in [5.74, 6) is -6.04. The van der Waals surface area contributed by atoms with Crippen LogP contribution in [0.4, 0.5) is 38.1 Å². The van der Waals surface area contributed by atoms with E-state index in [0.717, 1.165) is 24.6 Å². The number of alkyl halides is 3. The number of carboxylic acid groups (broad SMARTS) is 1. The molecule has 4 N–H and O–H groups in total. The number of hydrogen-bond acceptors (Lipinski definition) is 6. The molecule has 15 heteroatoms. The Morgan fingerprint density at radius 2 is 1.55 bits per heavy atom. The molecule has 5 atom stereocenters. The summed E-state index contributed by atoms with van der Waals surface area (Å²) in [4.78, 5) is 51.9. The number of carbonyl (C=O) groups is 4. The third kappa shape index (κ3) is 7.78. The molecule has 2 saturated carbocycles. The van der Waals surface area contributed by atoms with Crippen molar-refractivity contribution in [1.82, 2.24) is 5.32 Å². The lowest BCUT2D eigenvalue weighted by Crippen LogP contribution is -2.61. The molecule has 2 fully saturated rings. The van der Waals surface area contributed by atoms with Gasteiger partial charge in [0.25, 0.3) is 5.91 Å². The predicted molar refractivity (Wildman–Crippen MR) is 181 cm³/mol. The molecular weight excluding hydrogens is 705 g/mol. The van der Waals surface area contributed by atoms with E-state index in [9.17, 15) is 41.8 Å². The standard InChI is InChI=1S/C38H32F5N3O7/c1-52-30-15-11-19(25-17-20(10-13-28(25)39)33(36(49)50)53-37(51)45-21-6-3-2-4-7-21)16-26(30)34(47)46-32-24-9-5-8-23(24)31(32)35(48)44-22-12-14-29(40)27(18-22)38(41,42)43/h2-4,6-7,10-18,23-24,31-33H,5,8-9H2,1H3,(H,44,48)(H,45,51)(H,46,47)(H,49,50)/t23-,24+,31+,32-,33?/m0/s1. The molecule has 3 amide bonds. The summed E-state index contributed by atoms with van der Waals surface area (Å²) in [6, 6.07) is 17.1. The molecule has 4 aromatic rings. The van der Waals surface area contributed by atoms with Gasteiger partial charge in [0.05, 0.1) is 24.2 Å². The van der Waals surface area contributed by atoms with Gasteiger partial charge >= 0.3 is 18.2 Å². The molecule has 0 heterocycles. The topological polar surface area (TPSA) is 143 Å². The number of carboxylic acids is 1. The zero-order valence-corrected chi connectivity index (χ0v) is 27.9. The number of nitrogens with one attached hydrogen (secondary N) is 3. The Labute approximate surface area is 299 Å². The Morgan fingerprint density at radius 3 is 2.25 bits per heavy atom. The van der Waals surface area contributed by atoms with E-state index in [4.69, 9.17) is 9.47 Å². The van der Waals surface area contributed by atoms with Crippen molar-refractivity contribution in [2.45, 2.75) is 37.6 Å². The first-order valence-corrected chi connectivity index (χ1v) is 16.5. The van der Waals surface area contributed by atoms with Gasteiger partial charge in [0.2, 0.25) is 12.0 Å². The average molecular weight is 738 g/mol. The fourth-order valence-corrected chi connectivity index (χ4v) is 7.14. The van der Waals surface area contributed by atoms with Crippen molar-refractivity contribution in [1.29, 1.82) is 0 Å². The van der Waals surface area contributed by atoms with E-state index in [1.54, 1.807) is 30.3 Å². The van der Waals surface area contributed by atoms with E-state index in [1.165, 1.54) is 31.4 Å². The molecule has 276 valence electrons. The highest BCUT2D eigenvalue weighted by atomic mass is 19.4. The lowest BCUT2D eigenvalue weighted by Gasteiger charge is -2.48. The number of benzene rings is 4. The smallest absolute Gasteiger partial charge is 0.419 e. The van der Waals surface area contributed by atoms with Gasteiger partial charge in [-0.15, -0.1) is 0 Å². The highest BCUT2D eigenvalue weighted by Crippen LogP contribution is 2.52. The first-order chi connectivity index (χ1) is 25.2. The summed E-state index contributed by atoms with van der Waals surface area (Å²) in [7, 11) is 1.31. The number of ether oxygens (including phenoxy) is 2. The molecule has 0 bridgehead atoms. The minimum absolute atomic E-state index is 0.0444. The lowest BCUT2D eigenvalue weighted by molar-refractivity contribution is -0.147. The maximum Gasteiger partial charge on any atom is 0.419 e. The van der Waals surface area contributed by atoms with E-state index >= 15 is 4.39 Å². The first kappa shape index (κ1) is 36.8. The van der Waals surface area contributed by atoms with Gasteiger partial charge in [-0.25, -0.2) is 18.4 Å². The molecule has 0 aliphatic heterocycles. The molecule has 0 aromatic heterocycles. The van der Waals surface area contributed by atoms with Crippen LogP contribution in [0.15, 0.2) is 84.9 Å². The van der Waals surface area contributed by atoms with E-state index < -0.39 is 65.3 Å². The molecule has 2 aliphatic carbocycles. The largest absolute Gasteiger partial charge is 0.496 e. The molecule has 53 heavy (non-hydrogen) atoms. The van der Waals surface area contributed by atoms with Gasteiger partial charge < -0.3 is 25.2 Å². The van der Waals surface area contributed by atoms with Crippen molar-refractivity contribution < 1.29 is 55.7 Å².